The average molecular weight is 530 g/mol. The lowest BCUT2D eigenvalue weighted by Gasteiger charge is -2.13. The van der Waals surface area contributed by atoms with E-state index in [1.54, 1.807) is 19.2 Å². The molecule has 0 aliphatic carbocycles. The first-order valence-electron chi connectivity index (χ1n) is 11.4. The number of fused-ring (bicyclic) bond motifs is 1. The maximum atomic E-state index is 13.8. The van der Waals surface area contributed by atoms with Crippen LogP contribution in [0.1, 0.15) is 32.7 Å². The minimum absolute atomic E-state index is 0.0642. The van der Waals surface area contributed by atoms with Crippen molar-refractivity contribution >= 4 is 28.2 Å². The van der Waals surface area contributed by atoms with Crippen LogP contribution in [0.2, 0.25) is 0 Å². The molecule has 5 rings (SSSR count). The number of aryl methyl sites for hydroxylation is 1. The van der Waals surface area contributed by atoms with E-state index in [0.29, 0.717) is 27.6 Å². The predicted octanol–water partition coefficient (Wildman–Crippen LogP) is 5.52. The minimum atomic E-state index is -4.64. The van der Waals surface area contributed by atoms with E-state index in [9.17, 15) is 22.4 Å². The number of pyridine rings is 2. The van der Waals surface area contributed by atoms with Gasteiger partial charge in [0.25, 0.3) is 5.91 Å². The van der Waals surface area contributed by atoms with Crippen molar-refractivity contribution in [3.05, 3.63) is 107 Å². The summed E-state index contributed by atoms with van der Waals surface area (Å²) in [6.07, 6.45) is 2.49. The summed E-state index contributed by atoms with van der Waals surface area (Å²) in [4.78, 5) is 25.1. The van der Waals surface area contributed by atoms with Crippen molar-refractivity contribution in [2.24, 2.45) is 0 Å². The summed E-state index contributed by atoms with van der Waals surface area (Å²) in [5.74, 6) is 4.66. The van der Waals surface area contributed by atoms with Crippen LogP contribution in [0.25, 0.3) is 16.5 Å². The first-order chi connectivity index (χ1) is 18.6. The van der Waals surface area contributed by atoms with Gasteiger partial charge in [0.05, 0.1) is 28.7 Å². The van der Waals surface area contributed by atoms with E-state index in [2.05, 4.69) is 32.1 Å². The highest BCUT2D eigenvalue weighted by molar-refractivity contribution is 6.04. The van der Waals surface area contributed by atoms with E-state index < -0.39 is 23.5 Å². The van der Waals surface area contributed by atoms with Crippen LogP contribution in [0.3, 0.4) is 0 Å². The van der Waals surface area contributed by atoms with Gasteiger partial charge in [-0.25, -0.2) is 14.4 Å². The average Bonchev–Trinajstić information content (AvgIpc) is 3.34. The Balaban J connectivity index is 1.45. The quantitative estimate of drug-likeness (QED) is 0.237. The number of aromatic nitrogens is 4. The summed E-state index contributed by atoms with van der Waals surface area (Å²) < 4.78 is 55.9. The molecule has 0 radical (unpaired) electrons. The number of hydrogen-bond acceptors (Lipinski definition) is 5. The smallest absolute Gasteiger partial charge is 0.383 e. The molecule has 11 heteroatoms. The molecule has 0 aliphatic rings. The number of halogens is 4. The summed E-state index contributed by atoms with van der Waals surface area (Å²) in [7, 11) is 0. The van der Waals surface area contributed by atoms with Gasteiger partial charge in [0.15, 0.2) is 0 Å². The van der Waals surface area contributed by atoms with E-state index in [0.717, 1.165) is 12.1 Å². The van der Waals surface area contributed by atoms with Gasteiger partial charge in [-0.1, -0.05) is 11.8 Å². The van der Waals surface area contributed by atoms with Gasteiger partial charge >= 0.3 is 6.18 Å². The largest absolute Gasteiger partial charge is 0.416 e. The highest BCUT2D eigenvalue weighted by Gasteiger charge is 2.31. The lowest BCUT2D eigenvalue weighted by molar-refractivity contribution is -0.137. The van der Waals surface area contributed by atoms with E-state index >= 15 is 0 Å². The molecule has 2 aromatic carbocycles. The summed E-state index contributed by atoms with van der Waals surface area (Å²) in [6, 6.07) is 8.80. The van der Waals surface area contributed by atoms with Gasteiger partial charge in [-0.05, 0) is 49.4 Å². The van der Waals surface area contributed by atoms with Crippen LogP contribution < -0.4 is 11.1 Å². The number of carbonyl (C=O) groups excluding carboxylic acids is 1. The number of nitrogens with zero attached hydrogens (tertiary/aromatic N) is 4. The van der Waals surface area contributed by atoms with Crippen LogP contribution in [-0.4, -0.2) is 25.4 Å². The molecule has 0 saturated carbocycles. The summed E-state index contributed by atoms with van der Waals surface area (Å²) >= 11 is 0. The van der Waals surface area contributed by atoms with E-state index in [-0.39, 0.29) is 22.8 Å². The number of nitrogens with two attached hydrogens (primary N) is 1. The van der Waals surface area contributed by atoms with Crippen LogP contribution in [-0.2, 0) is 6.18 Å². The second kappa shape index (κ2) is 9.90. The Kier molecular flexibility index (Phi) is 6.45. The van der Waals surface area contributed by atoms with Crippen LogP contribution in [0, 0.1) is 24.6 Å². The van der Waals surface area contributed by atoms with Gasteiger partial charge in [-0.15, -0.1) is 0 Å². The Bertz CT molecular complexity index is 1790. The van der Waals surface area contributed by atoms with Crippen LogP contribution in [0.15, 0.2) is 73.6 Å². The number of rotatable bonds is 3. The highest BCUT2D eigenvalue weighted by atomic mass is 19.4. The second-order valence-corrected chi connectivity index (χ2v) is 8.61. The van der Waals surface area contributed by atoms with Gasteiger partial charge < -0.3 is 15.6 Å². The number of nitrogen functional groups attached to an aromatic ring is 1. The van der Waals surface area contributed by atoms with Gasteiger partial charge in [-0.2, -0.15) is 13.2 Å². The fourth-order valence-electron chi connectivity index (χ4n) is 3.86. The Morgan fingerprint density at radius 1 is 1.03 bits per heavy atom. The van der Waals surface area contributed by atoms with E-state index in [1.807, 2.05) is 0 Å². The highest BCUT2D eigenvalue weighted by Crippen LogP contribution is 2.33. The molecule has 39 heavy (non-hydrogen) atoms. The standard InChI is InChI=1S/C28H18F4N6O/c1-16-14-38(15-36-16)23-8-20(28(30,31)32)7-22(10-23)37-27(39)19-6-17(11-34-12-19)2-5-24-25-9-21(29)4-3-18(25)13-35-26(24)33/h3-4,6-15H,1H3,(H2,33,35)(H,37,39). The number of amides is 1. The van der Waals surface area contributed by atoms with Crippen LogP contribution in [0.5, 0.6) is 0 Å². The third-order valence-electron chi connectivity index (χ3n) is 5.73. The van der Waals surface area contributed by atoms with Crippen molar-refractivity contribution in [1.29, 1.82) is 0 Å². The molecule has 5 aromatic rings. The number of carbonyl (C=O) groups is 1. The molecule has 3 N–H and O–H groups in total. The van der Waals surface area contributed by atoms with Gasteiger partial charge in [0, 0.05) is 52.5 Å². The first-order valence-corrected chi connectivity index (χ1v) is 11.4. The number of imidazole rings is 1. The zero-order valence-electron chi connectivity index (χ0n) is 20.2. The van der Waals surface area contributed by atoms with Crippen LogP contribution in [0.4, 0.5) is 29.1 Å². The molecule has 3 heterocycles. The minimum Gasteiger partial charge on any atom is -0.383 e. The molecule has 0 unspecified atom stereocenters. The SMILES string of the molecule is Cc1cn(-c2cc(NC(=O)c3cncc(C#Cc4c(N)ncc5ccc(F)cc45)c3)cc(C(F)(F)F)c2)cn1. The van der Waals surface area contributed by atoms with Crippen molar-refractivity contribution in [3.8, 4) is 17.5 Å². The molecule has 0 spiro atoms. The third-order valence-corrected chi connectivity index (χ3v) is 5.73. The van der Waals surface area contributed by atoms with Gasteiger partial charge in [-0.3, -0.25) is 9.78 Å². The van der Waals surface area contributed by atoms with Crippen molar-refractivity contribution in [2.75, 3.05) is 11.1 Å². The number of anilines is 2. The summed E-state index contributed by atoms with van der Waals surface area (Å²) in [5.41, 5.74) is 6.46. The lowest BCUT2D eigenvalue weighted by Crippen LogP contribution is -2.14. The Morgan fingerprint density at radius 2 is 1.85 bits per heavy atom. The molecule has 194 valence electrons. The molecule has 1 amide bonds. The number of nitrogens with one attached hydrogen (secondary N) is 1. The number of hydrogen-bond donors (Lipinski definition) is 2. The Hall–Kier alpha value is -5.24. The second-order valence-electron chi connectivity index (χ2n) is 8.61. The van der Waals surface area contributed by atoms with Crippen LogP contribution >= 0.6 is 0 Å². The number of benzene rings is 2. The predicted molar refractivity (Wildman–Crippen MR) is 138 cm³/mol. The Labute approximate surface area is 219 Å². The monoisotopic (exact) mass is 530 g/mol. The maximum absolute atomic E-state index is 13.8. The van der Waals surface area contributed by atoms with Crippen molar-refractivity contribution in [3.63, 3.8) is 0 Å². The third kappa shape index (κ3) is 5.55. The van der Waals surface area contributed by atoms with Gasteiger partial charge in [0.2, 0.25) is 0 Å². The topological polar surface area (TPSA) is 98.7 Å². The van der Waals surface area contributed by atoms with E-state index in [4.69, 9.17) is 5.73 Å². The normalized spacial score (nSPS) is 11.2. The zero-order valence-corrected chi connectivity index (χ0v) is 20.2. The number of alkyl halides is 3. The molecular weight excluding hydrogens is 512 g/mol. The molecule has 0 fully saturated rings. The Morgan fingerprint density at radius 3 is 2.59 bits per heavy atom. The molecule has 0 saturated heterocycles. The van der Waals surface area contributed by atoms with Crippen molar-refractivity contribution in [2.45, 2.75) is 13.1 Å². The van der Waals surface area contributed by atoms with Gasteiger partial charge in [0.1, 0.15) is 11.6 Å². The molecule has 0 aliphatic heterocycles. The first kappa shape index (κ1) is 25.4. The molecular formula is C28H18F4N6O. The fourth-order valence-corrected chi connectivity index (χ4v) is 3.86. The summed E-state index contributed by atoms with van der Waals surface area (Å²) in [5, 5.41) is 3.62. The molecule has 0 atom stereocenters. The van der Waals surface area contributed by atoms with Crippen molar-refractivity contribution < 1.29 is 22.4 Å². The maximum Gasteiger partial charge on any atom is 0.416 e. The lowest BCUT2D eigenvalue weighted by atomic mass is 10.1. The molecule has 7 nitrogen and oxygen atoms in total. The molecule has 3 aromatic heterocycles. The fraction of sp³-hybridized carbons (Fsp3) is 0.0714. The van der Waals surface area contributed by atoms with E-state index in [1.165, 1.54) is 53.8 Å². The zero-order chi connectivity index (χ0) is 27.7. The summed E-state index contributed by atoms with van der Waals surface area (Å²) in [6.45, 7) is 1.71. The molecule has 0 bridgehead atoms. The van der Waals surface area contributed by atoms with Crippen molar-refractivity contribution in [1.82, 2.24) is 19.5 Å².